The van der Waals surface area contributed by atoms with Crippen LogP contribution in [0.25, 0.3) is 11.2 Å². The van der Waals surface area contributed by atoms with Gasteiger partial charge in [-0.25, -0.2) is 19.8 Å². The van der Waals surface area contributed by atoms with Gasteiger partial charge in [0.1, 0.15) is 5.52 Å². The van der Waals surface area contributed by atoms with Crippen molar-refractivity contribution in [2.45, 2.75) is 44.7 Å². The fourth-order valence-corrected chi connectivity index (χ4v) is 7.84. The Morgan fingerprint density at radius 2 is 1.50 bits per heavy atom. The summed E-state index contributed by atoms with van der Waals surface area (Å²) in [5.41, 5.74) is 6.01. The van der Waals surface area contributed by atoms with Crippen LogP contribution in [0.5, 0.6) is 0 Å². The smallest absolute Gasteiger partial charge is 0.343 e. The first kappa shape index (κ1) is 33.5. The van der Waals surface area contributed by atoms with Crippen LogP contribution in [0.1, 0.15) is 64.4 Å². The topological polar surface area (TPSA) is 161 Å². The van der Waals surface area contributed by atoms with Crippen molar-refractivity contribution in [2.75, 3.05) is 48.3 Å². The van der Waals surface area contributed by atoms with Gasteiger partial charge in [-0.2, -0.15) is 9.99 Å². The molecule has 5 amide bonds. The number of urea groups is 1. The fraction of sp³-hybridized carbons (Fsp3) is 0.308. The molecule has 274 valence electrons. The molecular weight excluding hydrogens is 687 g/mol. The van der Waals surface area contributed by atoms with Crippen molar-refractivity contribution in [3.05, 3.63) is 95.7 Å². The normalized spacial score (nSPS) is 18.1. The van der Waals surface area contributed by atoms with Gasteiger partial charge in [-0.05, 0) is 66.9 Å². The highest BCUT2D eigenvalue weighted by Crippen LogP contribution is 2.36. The van der Waals surface area contributed by atoms with Crippen molar-refractivity contribution < 1.29 is 19.2 Å². The molecule has 1 aliphatic carbocycles. The van der Waals surface area contributed by atoms with E-state index in [2.05, 4.69) is 47.4 Å². The second-order valence-electron chi connectivity index (χ2n) is 14.1. The number of hydrogen-bond acceptors (Lipinski definition) is 11. The maximum atomic E-state index is 13.2. The van der Waals surface area contributed by atoms with Crippen molar-refractivity contribution in [1.82, 2.24) is 39.8 Å². The molecule has 1 saturated carbocycles. The van der Waals surface area contributed by atoms with Crippen molar-refractivity contribution >= 4 is 63.9 Å². The molecule has 9 rings (SSSR count). The third-order valence-electron chi connectivity index (χ3n) is 10.6. The van der Waals surface area contributed by atoms with E-state index in [-0.39, 0.29) is 24.1 Å². The lowest BCUT2D eigenvalue weighted by molar-refractivity contribution is -0.122. The van der Waals surface area contributed by atoms with Crippen LogP contribution in [0.15, 0.2) is 79.0 Å². The number of hydrogen-bond donors (Lipinski definition) is 3. The molecule has 5 heterocycles. The van der Waals surface area contributed by atoms with Crippen LogP contribution in [0.3, 0.4) is 0 Å². The first-order valence-corrected chi connectivity index (χ1v) is 18.4. The minimum atomic E-state index is -0.773. The Morgan fingerprint density at radius 1 is 0.759 bits per heavy atom. The lowest BCUT2D eigenvalue weighted by atomic mass is 10.1. The molecule has 3 aliphatic heterocycles. The summed E-state index contributed by atoms with van der Waals surface area (Å²) in [7, 11) is 0. The maximum Gasteiger partial charge on any atom is 0.343 e. The molecule has 0 bridgehead atoms. The zero-order valence-corrected chi connectivity index (χ0v) is 29.6. The van der Waals surface area contributed by atoms with Crippen LogP contribution >= 0.6 is 0 Å². The Morgan fingerprint density at radius 3 is 2.26 bits per heavy atom. The number of nitrogens with one attached hydrogen (secondary N) is 3. The fourth-order valence-electron chi connectivity index (χ4n) is 7.84. The number of benzene rings is 3. The molecule has 3 fully saturated rings. The average molecular weight is 726 g/mol. The highest BCUT2D eigenvalue weighted by atomic mass is 16.2. The summed E-state index contributed by atoms with van der Waals surface area (Å²) in [5.74, 6) is -0.245. The largest absolute Gasteiger partial charge is 0.369 e. The van der Waals surface area contributed by atoms with Crippen LogP contribution in [0, 0.1) is 0 Å². The summed E-state index contributed by atoms with van der Waals surface area (Å²) in [4.78, 5) is 69.3. The van der Waals surface area contributed by atoms with Gasteiger partial charge in [-0.15, -0.1) is 0 Å². The average Bonchev–Trinajstić information content (AvgIpc) is 3.90. The Kier molecular flexibility index (Phi) is 8.61. The molecule has 0 spiro atoms. The molecule has 0 unspecified atom stereocenters. The number of nitrogens with zero attached hydrogens (tertiary/aromatic N) is 8. The summed E-state index contributed by atoms with van der Waals surface area (Å²) >= 11 is 0. The quantitative estimate of drug-likeness (QED) is 0.171. The molecule has 15 heteroatoms. The summed E-state index contributed by atoms with van der Waals surface area (Å²) in [6, 6.07) is 23.2. The van der Waals surface area contributed by atoms with E-state index in [1.165, 1.54) is 12.8 Å². The van der Waals surface area contributed by atoms with E-state index >= 15 is 0 Å². The van der Waals surface area contributed by atoms with E-state index < -0.39 is 23.8 Å². The number of hydrazine groups is 1. The van der Waals surface area contributed by atoms with Gasteiger partial charge in [0.15, 0.2) is 5.65 Å². The number of anilines is 5. The number of imide groups is 2. The van der Waals surface area contributed by atoms with Gasteiger partial charge < -0.3 is 15.5 Å². The number of rotatable bonds is 9. The number of aromatic nitrogens is 4. The highest BCUT2D eigenvalue weighted by Gasteiger charge is 2.43. The predicted octanol–water partition coefficient (Wildman–Crippen LogP) is 5.20. The number of para-hydroxylation sites is 1. The van der Waals surface area contributed by atoms with Gasteiger partial charge in [-0.1, -0.05) is 37.1 Å². The van der Waals surface area contributed by atoms with E-state index in [0.717, 1.165) is 88.8 Å². The predicted molar refractivity (Wildman–Crippen MR) is 202 cm³/mol. The number of carbonyl (C=O) groups excluding carboxylic acids is 4. The van der Waals surface area contributed by atoms with Crippen LogP contribution in [0.2, 0.25) is 0 Å². The number of fused-ring (bicyclic) bond motifs is 2. The minimum absolute atomic E-state index is 0.0199. The summed E-state index contributed by atoms with van der Waals surface area (Å²) in [5, 5.41) is 10.9. The summed E-state index contributed by atoms with van der Waals surface area (Å²) in [6.07, 6.45) is 6.39. The van der Waals surface area contributed by atoms with Crippen LogP contribution in [-0.4, -0.2) is 90.9 Å². The number of piperazine rings is 1. The second-order valence-corrected chi connectivity index (χ2v) is 14.1. The van der Waals surface area contributed by atoms with Gasteiger partial charge in [-0.3, -0.25) is 29.2 Å². The minimum Gasteiger partial charge on any atom is -0.369 e. The molecule has 0 atom stereocenters. The van der Waals surface area contributed by atoms with Crippen LogP contribution < -0.4 is 20.9 Å². The molecule has 2 aromatic heterocycles. The van der Waals surface area contributed by atoms with Gasteiger partial charge in [0, 0.05) is 62.2 Å². The second kappa shape index (κ2) is 13.9. The molecule has 5 aromatic rings. The van der Waals surface area contributed by atoms with Crippen molar-refractivity contribution in [1.29, 1.82) is 0 Å². The number of amides is 5. The van der Waals surface area contributed by atoms with Gasteiger partial charge in [0.05, 0.1) is 23.9 Å². The SMILES string of the molecule is O=C1CCN(N2C(=O)c3ccc(CN4CCN(c5ccc(Nc6ncc7nc(Nc8ccccc8)n(C8CCCC8)c7n6)cc5)CC4)cc3C2=O)C(=O)N1. The molecule has 4 aliphatic rings. The monoisotopic (exact) mass is 725 g/mol. The van der Waals surface area contributed by atoms with E-state index in [9.17, 15) is 19.2 Å². The highest BCUT2D eigenvalue weighted by molar-refractivity contribution is 6.22. The van der Waals surface area contributed by atoms with Crippen molar-refractivity contribution in [3.8, 4) is 0 Å². The first-order chi connectivity index (χ1) is 26.4. The third-order valence-corrected chi connectivity index (χ3v) is 10.6. The van der Waals surface area contributed by atoms with E-state index in [4.69, 9.17) is 9.97 Å². The molecule has 3 N–H and O–H groups in total. The number of imidazole rings is 1. The lowest BCUT2D eigenvalue weighted by Gasteiger charge is -2.36. The first-order valence-electron chi connectivity index (χ1n) is 18.4. The molecule has 54 heavy (non-hydrogen) atoms. The summed E-state index contributed by atoms with van der Waals surface area (Å²) < 4.78 is 2.24. The van der Waals surface area contributed by atoms with Crippen LogP contribution in [0.4, 0.5) is 33.8 Å². The van der Waals surface area contributed by atoms with Gasteiger partial charge in [0.2, 0.25) is 17.8 Å². The van der Waals surface area contributed by atoms with E-state index in [1.807, 2.05) is 48.5 Å². The maximum absolute atomic E-state index is 13.2. The Labute approximate surface area is 310 Å². The Bertz CT molecular complexity index is 2260. The standard InChI is InChI=1S/C39H39N11O4/c51-33-16-17-48(39(54)44-33)50-35(52)30-15-10-25(22-31(30)36(50)53)24-46-18-20-47(21-19-46)28-13-11-27(12-14-28)41-37-40-23-32-34(45-37)49(29-8-4-5-9-29)38(43-32)42-26-6-2-1-3-7-26/h1-3,6-7,10-15,22-23,29H,4-5,8-9,16-21,24H2,(H,42,43)(H,40,41,45)(H,44,51,54). The third kappa shape index (κ3) is 6.36. The van der Waals surface area contributed by atoms with E-state index in [0.29, 0.717) is 18.5 Å². The zero-order valence-electron chi connectivity index (χ0n) is 29.6. The van der Waals surface area contributed by atoms with Gasteiger partial charge >= 0.3 is 6.03 Å². The molecule has 2 saturated heterocycles. The molecule has 15 nitrogen and oxygen atoms in total. The molecule has 0 radical (unpaired) electrons. The van der Waals surface area contributed by atoms with Crippen molar-refractivity contribution in [2.24, 2.45) is 0 Å². The molecular formula is C39H39N11O4. The molecule has 3 aromatic carbocycles. The lowest BCUT2D eigenvalue weighted by Crippen LogP contribution is -2.58. The Balaban J connectivity index is 0.826. The van der Waals surface area contributed by atoms with Gasteiger partial charge in [0.25, 0.3) is 11.8 Å². The summed E-state index contributed by atoms with van der Waals surface area (Å²) in [6.45, 7) is 3.90. The zero-order chi connectivity index (χ0) is 36.8. The van der Waals surface area contributed by atoms with E-state index in [1.54, 1.807) is 18.3 Å². The van der Waals surface area contributed by atoms with Crippen molar-refractivity contribution in [3.63, 3.8) is 0 Å². The van der Waals surface area contributed by atoms with Crippen LogP contribution in [-0.2, 0) is 11.3 Å². The Hall–Kier alpha value is -6.35. The number of carbonyl (C=O) groups is 4.